The van der Waals surface area contributed by atoms with E-state index in [4.69, 9.17) is 4.79 Å². The number of carbonyl (C=O) groups is 3. The van der Waals surface area contributed by atoms with Gasteiger partial charge in [-0.25, -0.2) is 0 Å². The summed E-state index contributed by atoms with van der Waals surface area (Å²) in [7, 11) is 0. The highest BCUT2D eigenvalue weighted by Crippen LogP contribution is 1.83. The van der Waals surface area contributed by atoms with Gasteiger partial charge in [-0.3, -0.25) is 0 Å². The SMILES string of the molecule is CC(=O)CCC=O.CC=O. The molecule has 0 N–H and O–H groups in total. The topological polar surface area (TPSA) is 51.2 Å². The molecule has 3 nitrogen and oxygen atoms in total. The molecule has 0 aromatic heterocycles. The van der Waals surface area contributed by atoms with Crippen molar-refractivity contribution >= 4 is 18.4 Å². The summed E-state index contributed by atoms with van der Waals surface area (Å²) in [6, 6.07) is 0. The Bertz CT molecular complexity index is 107. The molecule has 0 saturated carbocycles. The van der Waals surface area contributed by atoms with Gasteiger partial charge in [-0.05, 0) is 13.8 Å². The van der Waals surface area contributed by atoms with Crippen LogP contribution in [0.15, 0.2) is 0 Å². The minimum atomic E-state index is 0.0760. The first-order valence-corrected chi connectivity index (χ1v) is 3.01. The Morgan fingerprint density at radius 2 is 1.80 bits per heavy atom. The van der Waals surface area contributed by atoms with Gasteiger partial charge in [-0.2, -0.15) is 0 Å². The molecule has 10 heavy (non-hydrogen) atoms. The van der Waals surface area contributed by atoms with Gasteiger partial charge in [-0.15, -0.1) is 0 Å². The largest absolute Gasteiger partial charge is 0.304 e. The van der Waals surface area contributed by atoms with Gasteiger partial charge in [-0.1, -0.05) is 0 Å². The van der Waals surface area contributed by atoms with Gasteiger partial charge in [0.25, 0.3) is 0 Å². The van der Waals surface area contributed by atoms with Crippen molar-refractivity contribution < 1.29 is 14.4 Å². The van der Waals surface area contributed by atoms with Crippen LogP contribution in [0.4, 0.5) is 0 Å². The zero-order valence-corrected chi connectivity index (χ0v) is 6.29. The molecule has 58 valence electrons. The van der Waals surface area contributed by atoms with Gasteiger partial charge in [0.05, 0.1) is 0 Å². The van der Waals surface area contributed by atoms with Crippen LogP contribution in [-0.2, 0) is 14.4 Å². The Kier molecular flexibility index (Phi) is 12.8. The average Bonchev–Trinajstić information content (AvgIpc) is 1.85. The average molecular weight is 144 g/mol. The number of aldehydes is 2. The van der Waals surface area contributed by atoms with Crippen molar-refractivity contribution in [2.75, 3.05) is 0 Å². The van der Waals surface area contributed by atoms with Crippen LogP contribution in [-0.4, -0.2) is 18.4 Å². The third kappa shape index (κ3) is 27.9. The van der Waals surface area contributed by atoms with Crippen molar-refractivity contribution in [3.8, 4) is 0 Å². The molecular formula is C7H12O3. The molecule has 0 amide bonds. The van der Waals surface area contributed by atoms with E-state index in [1.165, 1.54) is 13.8 Å². The molecule has 0 radical (unpaired) electrons. The number of ketones is 1. The summed E-state index contributed by atoms with van der Waals surface area (Å²) < 4.78 is 0. The van der Waals surface area contributed by atoms with Gasteiger partial charge >= 0.3 is 0 Å². The van der Waals surface area contributed by atoms with Crippen LogP contribution >= 0.6 is 0 Å². The highest BCUT2D eigenvalue weighted by atomic mass is 16.1. The smallest absolute Gasteiger partial charge is 0.130 e. The fraction of sp³-hybridized carbons (Fsp3) is 0.571. The summed E-state index contributed by atoms with van der Waals surface area (Å²) in [4.78, 5) is 28.4. The summed E-state index contributed by atoms with van der Waals surface area (Å²) in [6.45, 7) is 2.92. The fourth-order valence-corrected chi connectivity index (χ4v) is 0.262. The van der Waals surface area contributed by atoms with Gasteiger partial charge in [0, 0.05) is 12.8 Å². The first kappa shape index (κ1) is 11.8. The summed E-state index contributed by atoms with van der Waals surface area (Å²) in [6.07, 6.45) is 2.26. The molecule has 0 aromatic rings. The molecule has 0 unspecified atom stereocenters. The van der Waals surface area contributed by atoms with Crippen LogP contribution in [0.3, 0.4) is 0 Å². The molecule has 0 aliphatic rings. The maximum absolute atomic E-state index is 10.0. The maximum Gasteiger partial charge on any atom is 0.130 e. The summed E-state index contributed by atoms with van der Waals surface area (Å²) in [5.41, 5.74) is 0. The van der Waals surface area contributed by atoms with E-state index in [9.17, 15) is 9.59 Å². The van der Waals surface area contributed by atoms with E-state index in [0.29, 0.717) is 12.8 Å². The van der Waals surface area contributed by atoms with Crippen molar-refractivity contribution in [2.45, 2.75) is 26.7 Å². The van der Waals surface area contributed by atoms with E-state index >= 15 is 0 Å². The maximum atomic E-state index is 10.0. The van der Waals surface area contributed by atoms with Crippen molar-refractivity contribution in [3.05, 3.63) is 0 Å². The fourth-order valence-electron chi connectivity index (χ4n) is 0.262. The molecule has 0 spiro atoms. The first-order chi connectivity index (χ1) is 4.68. The molecule has 0 atom stereocenters. The molecule has 0 aliphatic carbocycles. The first-order valence-electron chi connectivity index (χ1n) is 3.01. The Morgan fingerprint density at radius 1 is 1.40 bits per heavy atom. The van der Waals surface area contributed by atoms with Gasteiger partial charge in [0.2, 0.25) is 0 Å². The molecule has 3 heteroatoms. The molecule has 0 saturated heterocycles. The third-order valence-corrected chi connectivity index (χ3v) is 0.614. The number of carbonyl (C=O) groups excluding carboxylic acids is 3. The van der Waals surface area contributed by atoms with E-state index in [1.54, 1.807) is 0 Å². The van der Waals surface area contributed by atoms with Crippen molar-refractivity contribution in [3.63, 3.8) is 0 Å². The van der Waals surface area contributed by atoms with Crippen LogP contribution in [0, 0.1) is 0 Å². The van der Waals surface area contributed by atoms with Gasteiger partial charge < -0.3 is 14.4 Å². The highest BCUT2D eigenvalue weighted by molar-refractivity contribution is 5.77. The Hall–Kier alpha value is -0.990. The van der Waals surface area contributed by atoms with Crippen molar-refractivity contribution in [1.29, 1.82) is 0 Å². The van der Waals surface area contributed by atoms with Gasteiger partial charge in [0.1, 0.15) is 18.4 Å². The summed E-state index contributed by atoms with van der Waals surface area (Å²) in [5, 5.41) is 0. The van der Waals surface area contributed by atoms with E-state index < -0.39 is 0 Å². The van der Waals surface area contributed by atoms with Crippen LogP contribution < -0.4 is 0 Å². The normalized spacial score (nSPS) is 7.00. The number of rotatable bonds is 3. The third-order valence-electron chi connectivity index (χ3n) is 0.614. The van der Waals surface area contributed by atoms with E-state index in [2.05, 4.69) is 0 Å². The lowest BCUT2D eigenvalue weighted by atomic mass is 10.3. The molecule has 0 fully saturated rings. The number of Topliss-reactive ketones (excluding diaryl/α,β-unsaturated/α-hetero) is 1. The lowest BCUT2D eigenvalue weighted by molar-refractivity contribution is -0.119. The van der Waals surface area contributed by atoms with Crippen LogP contribution in [0.25, 0.3) is 0 Å². The second kappa shape index (κ2) is 10.9. The molecule has 0 aromatic carbocycles. The van der Waals surface area contributed by atoms with Crippen LogP contribution in [0.2, 0.25) is 0 Å². The standard InChI is InChI=1S/C5H8O2.C2H4O/c1-5(7)3-2-4-6;1-2-3/h4H,2-3H2,1H3;2H,1H3. The zero-order valence-electron chi connectivity index (χ0n) is 6.29. The minimum absolute atomic E-state index is 0.0760. The second-order valence-electron chi connectivity index (χ2n) is 1.64. The summed E-state index contributed by atoms with van der Waals surface area (Å²) >= 11 is 0. The van der Waals surface area contributed by atoms with Crippen molar-refractivity contribution in [1.82, 2.24) is 0 Å². The summed E-state index contributed by atoms with van der Waals surface area (Å²) in [5.74, 6) is 0.0760. The number of hydrogen-bond donors (Lipinski definition) is 0. The van der Waals surface area contributed by atoms with Crippen molar-refractivity contribution in [2.24, 2.45) is 0 Å². The monoisotopic (exact) mass is 144 g/mol. The number of hydrogen-bond acceptors (Lipinski definition) is 3. The van der Waals surface area contributed by atoms with E-state index in [0.717, 1.165) is 12.6 Å². The predicted molar refractivity (Wildman–Crippen MR) is 37.7 cm³/mol. The minimum Gasteiger partial charge on any atom is -0.304 e. The molecule has 0 rings (SSSR count). The Morgan fingerprint density at radius 3 is 1.90 bits per heavy atom. The highest BCUT2D eigenvalue weighted by Gasteiger charge is 1.87. The van der Waals surface area contributed by atoms with E-state index in [1.807, 2.05) is 0 Å². The lowest BCUT2D eigenvalue weighted by Crippen LogP contribution is -1.88. The van der Waals surface area contributed by atoms with Crippen LogP contribution in [0.1, 0.15) is 26.7 Å². The Labute approximate surface area is 60.4 Å². The molecule has 0 heterocycles. The molecule has 0 aliphatic heterocycles. The van der Waals surface area contributed by atoms with Gasteiger partial charge in [0.15, 0.2) is 0 Å². The second-order valence-corrected chi connectivity index (χ2v) is 1.64. The van der Waals surface area contributed by atoms with Crippen LogP contribution in [0.5, 0.6) is 0 Å². The predicted octanol–water partition coefficient (Wildman–Crippen LogP) is 0.760. The zero-order chi connectivity index (χ0) is 8.41. The Balaban J connectivity index is 0. The molecule has 0 bridgehead atoms. The molecular weight excluding hydrogens is 132 g/mol. The quantitative estimate of drug-likeness (QED) is 0.549. The lowest BCUT2D eigenvalue weighted by Gasteiger charge is -1.80. The van der Waals surface area contributed by atoms with E-state index in [-0.39, 0.29) is 5.78 Å².